The van der Waals surface area contributed by atoms with Gasteiger partial charge in [-0.15, -0.1) is 5.10 Å². The standard InChI is InChI=1S/C20H23N5O4S.C12H15N.C7H10N4O3S.C7H8N4O3.C7H10N4O.C4H3N3O4/c1-24-8-9-25-16(19(24)26)11-17(22-25)30(28,29)23-20(27)21-18-14-6-2-4-12(14)10-13-5-3-7-15(13)18;13-12-10-5-1-3-8(10)7-9-4-2-6-11(9)12;1-10-2-3-11-5(7(10)12)4-6(9-11)15(8,13)14;1-9-2-3-10-5(7(9)12)4-6(8-10)11(13)14;1-10-2-3-11-5(7(10)12)4-6(8)9-11;8-4(9)2-1-3(6-5-2)7(10)11/h10-11H,2-9H2,1H3,(H2,21,23,27);7H,1-6,13H2;4H,2-3H2,1H3,(H2,8,13,14);4H,2-3H2,1H3;4H,2-3H2,1H3,(H2,8,9);1H,(H,5,6)(H,8,9). The predicted octanol–water partition coefficient (Wildman–Crippen LogP) is 1.76. The Morgan fingerprint density at radius 2 is 0.937 bits per heavy atom. The first-order valence-electron chi connectivity index (χ1n) is 30.1. The fraction of sp³-hybridized carbons (Fsp3) is 0.421. The number of nitrogens with one attached hydrogen (secondary N) is 3. The Balaban J connectivity index is 0.000000130. The number of amides is 6. The van der Waals surface area contributed by atoms with Crippen molar-refractivity contribution in [3.05, 3.63) is 136 Å². The molecular weight excluding hydrogens is 1280 g/mol. The lowest BCUT2D eigenvalue weighted by Gasteiger charge is -2.22. The molecule has 4 aliphatic carbocycles. The van der Waals surface area contributed by atoms with Gasteiger partial charge in [0.15, 0.2) is 21.4 Å². The van der Waals surface area contributed by atoms with E-state index in [4.69, 9.17) is 21.7 Å². The summed E-state index contributed by atoms with van der Waals surface area (Å²) in [7, 11) is -1.32. The highest BCUT2D eigenvalue weighted by atomic mass is 32.2. The molecule has 36 nitrogen and oxygen atoms in total. The molecule has 38 heteroatoms. The minimum absolute atomic E-state index is 0.00884. The molecule has 0 saturated carbocycles. The fourth-order valence-electron chi connectivity index (χ4n) is 12.2. The van der Waals surface area contributed by atoms with Gasteiger partial charge < -0.3 is 61.7 Å². The minimum Gasteiger partial charge on any atom is -0.476 e. The molecular formula is C57H69N21O15S2. The zero-order chi connectivity index (χ0) is 68.5. The number of rotatable bonds is 7. The van der Waals surface area contributed by atoms with Crippen LogP contribution < -0.4 is 26.6 Å². The molecule has 0 spiro atoms. The third-order valence-corrected chi connectivity index (χ3v) is 19.1. The van der Waals surface area contributed by atoms with Crippen LogP contribution in [0.5, 0.6) is 0 Å². The highest BCUT2D eigenvalue weighted by Crippen LogP contribution is 2.39. The quantitative estimate of drug-likeness (QED) is 0.0679. The molecule has 504 valence electrons. The van der Waals surface area contributed by atoms with Gasteiger partial charge in [0.05, 0.1) is 43.4 Å². The number of aromatic nitrogens is 10. The lowest BCUT2D eigenvalue weighted by molar-refractivity contribution is -0.389. The molecule has 0 radical (unpaired) electrons. The number of nitrogens with zero attached hydrogens (tertiary/aromatic N) is 15. The lowest BCUT2D eigenvalue weighted by Crippen LogP contribution is -2.37. The van der Waals surface area contributed by atoms with Crippen molar-refractivity contribution in [1.82, 2.24) is 73.6 Å². The number of carboxylic acid groups (broad SMARTS) is 1. The van der Waals surface area contributed by atoms with Gasteiger partial charge in [-0.2, -0.15) is 28.4 Å². The number of nitrogen functional groups attached to an aromatic ring is 2. The molecule has 6 amide bonds. The van der Waals surface area contributed by atoms with Gasteiger partial charge in [-0.05, 0) is 131 Å². The summed E-state index contributed by atoms with van der Waals surface area (Å²) in [6, 6.07) is 9.94. The number of nitrogens with two attached hydrogens (primary N) is 3. The Kier molecular flexibility index (Phi) is 19.2. The van der Waals surface area contributed by atoms with Crippen molar-refractivity contribution in [3.8, 4) is 0 Å². The van der Waals surface area contributed by atoms with E-state index in [1.54, 1.807) is 43.8 Å². The van der Waals surface area contributed by atoms with Gasteiger partial charge in [-0.25, -0.2) is 27.9 Å². The van der Waals surface area contributed by atoms with E-state index in [1.165, 1.54) is 119 Å². The number of urea groups is 1. The lowest BCUT2D eigenvalue weighted by atomic mass is 9.99. The van der Waals surface area contributed by atoms with E-state index in [9.17, 15) is 65.8 Å². The minimum atomic E-state index is -4.21. The van der Waals surface area contributed by atoms with E-state index >= 15 is 0 Å². The molecule has 95 heavy (non-hydrogen) atoms. The van der Waals surface area contributed by atoms with Crippen molar-refractivity contribution < 1.29 is 60.6 Å². The number of carboxylic acids is 1. The number of fused-ring (bicyclic) bond motifs is 8. The van der Waals surface area contributed by atoms with Crippen LogP contribution in [0, 0.1) is 20.2 Å². The summed E-state index contributed by atoms with van der Waals surface area (Å²) in [5, 5.41) is 56.4. The Labute approximate surface area is 541 Å². The number of hydrogen-bond acceptors (Lipinski definition) is 21. The maximum Gasteiger partial charge on any atom is 0.390 e. The van der Waals surface area contributed by atoms with E-state index < -0.39 is 47.7 Å². The molecule has 15 rings (SSSR count). The normalized spacial score (nSPS) is 16.2. The van der Waals surface area contributed by atoms with Crippen LogP contribution >= 0.6 is 0 Å². The molecule has 0 atom stereocenters. The zero-order valence-electron chi connectivity index (χ0n) is 52.1. The smallest absolute Gasteiger partial charge is 0.390 e. The number of likely N-dealkylation sites (N-methyl/N-ethyl adjacent to an activating group) is 4. The largest absolute Gasteiger partial charge is 0.476 e. The molecule has 5 aromatic heterocycles. The van der Waals surface area contributed by atoms with E-state index in [-0.39, 0.29) is 62.3 Å². The molecule has 9 heterocycles. The van der Waals surface area contributed by atoms with Crippen molar-refractivity contribution in [1.29, 1.82) is 0 Å². The first-order chi connectivity index (χ1) is 45.0. The highest BCUT2D eigenvalue weighted by molar-refractivity contribution is 7.90. The monoisotopic (exact) mass is 1350 g/mol. The molecule has 4 aliphatic heterocycles. The third kappa shape index (κ3) is 14.5. The summed E-state index contributed by atoms with van der Waals surface area (Å²) >= 11 is 0. The van der Waals surface area contributed by atoms with E-state index in [2.05, 4.69) is 47.7 Å². The molecule has 0 unspecified atom stereocenters. The van der Waals surface area contributed by atoms with Crippen LogP contribution in [0.15, 0.2) is 52.5 Å². The Hall–Kier alpha value is -10.6. The molecule has 7 aromatic rings. The van der Waals surface area contributed by atoms with Gasteiger partial charge in [0.1, 0.15) is 22.9 Å². The first kappa shape index (κ1) is 67.3. The van der Waals surface area contributed by atoms with Crippen LogP contribution in [0.3, 0.4) is 0 Å². The first-order valence-corrected chi connectivity index (χ1v) is 33.1. The van der Waals surface area contributed by atoms with Gasteiger partial charge in [0.2, 0.25) is 0 Å². The van der Waals surface area contributed by atoms with Crippen LogP contribution in [0.2, 0.25) is 0 Å². The average molecular weight is 1350 g/mol. The number of H-pyrrole nitrogens is 1. The number of primary sulfonamides is 1. The Bertz CT molecular complexity index is 4420. The molecule has 0 bridgehead atoms. The predicted molar refractivity (Wildman–Crippen MR) is 336 cm³/mol. The van der Waals surface area contributed by atoms with E-state index in [0.29, 0.717) is 57.3 Å². The second kappa shape index (κ2) is 27.1. The van der Waals surface area contributed by atoms with Crippen molar-refractivity contribution in [2.24, 2.45) is 5.14 Å². The summed E-state index contributed by atoms with van der Waals surface area (Å²) in [6.45, 7) is 4.31. The number of aromatic carboxylic acids is 1. The van der Waals surface area contributed by atoms with Gasteiger partial charge in [0.25, 0.3) is 43.7 Å². The molecule has 10 N–H and O–H groups in total. The van der Waals surface area contributed by atoms with Crippen molar-refractivity contribution in [2.75, 3.05) is 71.2 Å². The zero-order valence-corrected chi connectivity index (χ0v) is 53.7. The van der Waals surface area contributed by atoms with Crippen LogP contribution in [0.4, 0.5) is 33.6 Å². The van der Waals surface area contributed by atoms with Crippen LogP contribution in [0.25, 0.3) is 0 Å². The maximum atomic E-state index is 12.7. The highest BCUT2D eigenvalue weighted by Gasteiger charge is 2.33. The number of carbonyl (C=O) groups excluding carboxylic acids is 5. The topological polar surface area (TPSA) is 492 Å². The summed E-state index contributed by atoms with van der Waals surface area (Å²) < 4.78 is 55.3. The fourth-order valence-corrected chi connectivity index (χ4v) is 13.5. The van der Waals surface area contributed by atoms with E-state index in [1.807, 2.05) is 5.10 Å². The van der Waals surface area contributed by atoms with Crippen LogP contribution in [-0.2, 0) is 97.6 Å². The molecule has 0 saturated heterocycles. The molecule has 2 aromatic carbocycles. The number of hydrogen-bond donors (Lipinski definition) is 7. The summed E-state index contributed by atoms with van der Waals surface area (Å²) in [4.78, 5) is 94.7. The van der Waals surface area contributed by atoms with Crippen molar-refractivity contribution in [2.45, 2.75) is 113 Å². The van der Waals surface area contributed by atoms with Crippen LogP contribution in [0.1, 0.15) is 123 Å². The number of nitro groups is 2. The average Bonchev–Trinajstić information content (AvgIpc) is 1.71. The Morgan fingerprint density at radius 3 is 1.36 bits per heavy atom. The second-order valence-electron chi connectivity index (χ2n) is 23.4. The van der Waals surface area contributed by atoms with Gasteiger partial charge >= 0.3 is 23.6 Å². The van der Waals surface area contributed by atoms with Gasteiger partial charge in [0, 0.05) is 83.9 Å². The van der Waals surface area contributed by atoms with Gasteiger partial charge in [-0.3, -0.25) is 33.2 Å². The number of aryl methyl sites for hydroxylation is 4. The maximum absolute atomic E-state index is 12.7. The number of sulfonamides is 2. The SMILES string of the molecule is CN1CCn2nc(N)cc2C1=O.CN1CCn2nc(S(=O)(=O)NC(=O)Nc3c4c(cc5c3CCC5)CCC4)cc2C1=O.CN1CCn2nc(S(N)(=O)=O)cc2C1=O.CN1CCn2nc([N+](=O)[O-])cc2C1=O.Nc1c2c(cc3c1CCC3)CCC2.O=C(O)c1cc([N+](=O)[O-])[nH]n1. The van der Waals surface area contributed by atoms with Crippen LogP contribution in [-0.4, -0.2) is 191 Å². The molecule has 8 aliphatic rings. The van der Waals surface area contributed by atoms with Gasteiger partial charge in [-0.1, -0.05) is 17.2 Å². The Morgan fingerprint density at radius 1 is 0.537 bits per heavy atom. The number of carbonyl (C=O) groups is 6. The molecule has 0 fully saturated rings. The summed E-state index contributed by atoms with van der Waals surface area (Å²) in [5.74, 6) is -2.37. The number of benzene rings is 2. The van der Waals surface area contributed by atoms with Crippen molar-refractivity contribution in [3.63, 3.8) is 0 Å². The number of anilines is 3. The summed E-state index contributed by atoms with van der Waals surface area (Å²) in [5.41, 5.74) is 25.3. The summed E-state index contributed by atoms with van der Waals surface area (Å²) in [6.07, 6.45) is 13.4. The van der Waals surface area contributed by atoms with E-state index in [0.717, 1.165) is 73.6 Å². The number of aromatic amines is 1. The second-order valence-corrected chi connectivity index (χ2v) is 26.6. The van der Waals surface area contributed by atoms with Crippen molar-refractivity contribution >= 4 is 84.5 Å². The third-order valence-electron chi connectivity index (χ3n) is 17.1.